The quantitative estimate of drug-likeness (QED) is 0.807. The Morgan fingerprint density at radius 1 is 1.53 bits per heavy atom. The van der Waals surface area contributed by atoms with Crippen molar-refractivity contribution < 1.29 is 0 Å². The largest absolute Gasteiger partial charge is 0.305 e. The van der Waals surface area contributed by atoms with Gasteiger partial charge in [-0.25, -0.2) is 0 Å². The average Bonchev–Trinajstić information content (AvgIpc) is 2.51. The summed E-state index contributed by atoms with van der Waals surface area (Å²) in [6.07, 6.45) is 6.44. The number of nitrogens with zero attached hydrogens (tertiary/aromatic N) is 2. The van der Waals surface area contributed by atoms with Gasteiger partial charge in [0.1, 0.15) is 0 Å². The van der Waals surface area contributed by atoms with Gasteiger partial charge in [-0.15, -0.1) is 0 Å². The molecule has 15 heavy (non-hydrogen) atoms. The van der Waals surface area contributed by atoms with E-state index >= 15 is 0 Å². The normalized spacial score (nSPS) is 14.2. The van der Waals surface area contributed by atoms with Gasteiger partial charge in [0.25, 0.3) is 0 Å². The molecule has 0 aliphatic carbocycles. The van der Waals surface area contributed by atoms with Crippen LogP contribution in [0.15, 0.2) is 12.4 Å². The number of aromatic nitrogens is 2. The highest BCUT2D eigenvalue weighted by Gasteiger charge is 2.23. The molecule has 1 aromatic heterocycles. The van der Waals surface area contributed by atoms with E-state index in [1.807, 2.05) is 17.9 Å². The highest BCUT2D eigenvalue weighted by Crippen LogP contribution is 2.20. The first-order valence-electron chi connectivity index (χ1n) is 5.72. The zero-order valence-corrected chi connectivity index (χ0v) is 10.5. The predicted molar refractivity (Wildman–Crippen MR) is 63.7 cm³/mol. The van der Waals surface area contributed by atoms with Gasteiger partial charge < -0.3 is 5.32 Å². The van der Waals surface area contributed by atoms with E-state index in [2.05, 4.69) is 44.3 Å². The third kappa shape index (κ3) is 3.34. The zero-order valence-electron chi connectivity index (χ0n) is 10.5. The standard InChI is InChI=1S/C12H23N3/c1-6-7-10(2)14-12(3,4)11-8-13-15(5)9-11/h8-10,14H,6-7H2,1-5H3. The van der Waals surface area contributed by atoms with Crippen molar-refractivity contribution in [2.75, 3.05) is 0 Å². The van der Waals surface area contributed by atoms with E-state index in [0.29, 0.717) is 6.04 Å². The first kappa shape index (κ1) is 12.2. The molecule has 1 rings (SSSR count). The summed E-state index contributed by atoms with van der Waals surface area (Å²) in [5.74, 6) is 0. The lowest BCUT2D eigenvalue weighted by Gasteiger charge is -2.29. The number of hydrogen-bond donors (Lipinski definition) is 1. The number of hydrogen-bond acceptors (Lipinski definition) is 2. The van der Waals surface area contributed by atoms with Crippen molar-refractivity contribution in [3.8, 4) is 0 Å². The molecule has 0 aliphatic rings. The number of aryl methyl sites for hydroxylation is 1. The van der Waals surface area contributed by atoms with Gasteiger partial charge in [-0.05, 0) is 27.2 Å². The molecule has 86 valence electrons. The van der Waals surface area contributed by atoms with Gasteiger partial charge >= 0.3 is 0 Å². The topological polar surface area (TPSA) is 29.9 Å². The molecule has 0 fully saturated rings. The average molecular weight is 209 g/mol. The molecule has 0 saturated heterocycles. The van der Waals surface area contributed by atoms with E-state index < -0.39 is 0 Å². The Hall–Kier alpha value is -0.830. The van der Waals surface area contributed by atoms with Gasteiger partial charge in [0.05, 0.1) is 6.20 Å². The van der Waals surface area contributed by atoms with E-state index in [1.165, 1.54) is 18.4 Å². The fourth-order valence-corrected chi connectivity index (χ4v) is 1.95. The van der Waals surface area contributed by atoms with Crippen LogP contribution in [0.3, 0.4) is 0 Å². The van der Waals surface area contributed by atoms with Crippen molar-refractivity contribution in [3.63, 3.8) is 0 Å². The lowest BCUT2D eigenvalue weighted by molar-refractivity contribution is 0.340. The molecular formula is C12H23N3. The van der Waals surface area contributed by atoms with Crippen LogP contribution in [0.4, 0.5) is 0 Å². The van der Waals surface area contributed by atoms with E-state index in [9.17, 15) is 0 Å². The maximum absolute atomic E-state index is 4.21. The van der Waals surface area contributed by atoms with E-state index in [1.54, 1.807) is 0 Å². The Morgan fingerprint density at radius 2 is 2.20 bits per heavy atom. The summed E-state index contributed by atoms with van der Waals surface area (Å²) in [7, 11) is 1.95. The SMILES string of the molecule is CCCC(C)NC(C)(C)c1cnn(C)c1. The Kier molecular flexibility index (Phi) is 3.91. The first-order chi connectivity index (χ1) is 6.95. The van der Waals surface area contributed by atoms with Crippen molar-refractivity contribution in [2.24, 2.45) is 7.05 Å². The van der Waals surface area contributed by atoms with Crippen molar-refractivity contribution in [2.45, 2.75) is 52.1 Å². The lowest BCUT2D eigenvalue weighted by Crippen LogP contribution is -2.42. The summed E-state index contributed by atoms with van der Waals surface area (Å²) in [4.78, 5) is 0. The molecule has 1 aromatic rings. The van der Waals surface area contributed by atoms with Gasteiger partial charge in [-0.2, -0.15) is 5.10 Å². The van der Waals surface area contributed by atoms with Crippen LogP contribution in [0.5, 0.6) is 0 Å². The monoisotopic (exact) mass is 209 g/mol. The van der Waals surface area contributed by atoms with Crippen LogP contribution >= 0.6 is 0 Å². The zero-order chi connectivity index (χ0) is 11.5. The molecule has 1 N–H and O–H groups in total. The maximum Gasteiger partial charge on any atom is 0.0540 e. The van der Waals surface area contributed by atoms with Gasteiger partial charge in [-0.1, -0.05) is 13.3 Å². The maximum atomic E-state index is 4.21. The van der Waals surface area contributed by atoms with Gasteiger partial charge in [0, 0.05) is 30.4 Å². The summed E-state index contributed by atoms with van der Waals surface area (Å²) in [5, 5.41) is 7.85. The number of nitrogens with one attached hydrogen (secondary N) is 1. The molecule has 0 saturated carbocycles. The molecule has 1 heterocycles. The van der Waals surface area contributed by atoms with E-state index in [-0.39, 0.29) is 5.54 Å². The third-order valence-electron chi connectivity index (χ3n) is 2.76. The second-order valence-electron chi connectivity index (χ2n) is 4.86. The lowest BCUT2D eigenvalue weighted by atomic mass is 9.96. The van der Waals surface area contributed by atoms with Crippen LogP contribution in [-0.2, 0) is 12.6 Å². The molecule has 0 aromatic carbocycles. The molecule has 0 amide bonds. The van der Waals surface area contributed by atoms with Crippen LogP contribution < -0.4 is 5.32 Å². The van der Waals surface area contributed by atoms with Crippen molar-refractivity contribution in [1.82, 2.24) is 15.1 Å². The van der Waals surface area contributed by atoms with Crippen molar-refractivity contribution >= 4 is 0 Å². The third-order valence-corrected chi connectivity index (χ3v) is 2.76. The second kappa shape index (κ2) is 4.79. The summed E-state index contributed by atoms with van der Waals surface area (Å²) in [6.45, 7) is 8.86. The van der Waals surface area contributed by atoms with Gasteiger partial charge in [0.2, 0.25) is 0 Å². The minimum Gasteiger partial charge on any atom is -0.305 e. The molecule has 1 unspecified atom stereocenters. The minimum absolute atomic E-state index is 0.00282. The predicted octanol–water partition coefficient (Wildman–Crippen LogP) is 2.43. The van der Waals surface area contributed by atoms with Crippen molar-refractivity contribution in [3.05, 3.63) is 18.0 Å². The Labute approximate surface area is 92.9 Å². The fourth-order valence-electron chi connectivity index (χ4n) is 1.95. The molecule has 3 nitrogen and oxygen atoms in total. The first-order valence-corrected chi connectivity index (χ1v) is 5.72. The summed E-state index contributed by atoms with van der Waals surface area (Å²) < 4.78 is 1.85. The van der Waals surface area contributed by atoms with Gasteiger partial charge in [-0.3, -0.25) is 4.68 Å². The molecule has 0 spiro atoms. The Morgan fingerprint density at radius 3 is 2.67 bits per heavy atom. The minimum atomic E-state index is 0.00282. The van der Waals surface area contributed by atoms with Crippen LogP contribution in [0, 0.1) is 0 Å². The molecular weight excluding hydrogens is 186 g/mol. The fraction of sp³-hybridized carbons (Fsp3) is 0.750. The summed E-state index contributed by atoms with van der Waals surface area (Å²) >= 11 is 0. The molecule has 1 atom stereocenters. The van der Waals surface area contributed by atoms with Crippen molar-refractivity contribution in [1.29, 1.82) is 0 Å². The van der Waals surface area contributed by atoms with Gasteiger partial charge in [0.15, 0.2) is 0 Å². The Balaban J connectivity index is 2.66. The molecule has 0 aliphatic heterocycles. The number of rotatable bonds is 5. The van der Waals surface area contributed by atoms with E-state index in [4.69, 9.17) is 0 Å². The molecule has 3 heteroatoms. The van der Waals surface area contributed by atoms with Crippen LogP contribution in [0.2, 0.25) is 0 Å². The van der Waals surface area contributed by atoms with Crippen LogP contribution in [0.1, 0.15) is 46.1 Å². The Bertz CT molecular complexity index is 302. The highest BCUT2D eigenvalue weighted by atomic mass is 15.2. The second-order valence-corrected chi connectivity index (χ2v) is 4.86. The van der Waals surface area contributed by atoms with E-state index in [0.717, 1.165) is 0 Å². The molecule has 0 radical (unpaired) electrons. The summed E-state index contributed by atoms with van der Waals surface area (Å²) in [5.41, 5.74) is 1.25. The highest BCUT2D eigenvalue weighted by molar-refractivity contribution is 5.15. The summed E-state index contributed by atoms with van der Waals surface area (Å²) in [6, 6.07) is 0.546. The van der Waals surface area contributed by atoms with Crippen LogP contribution in [-0.4, -0.2) is 15.8 Å². The smallest absolute Gasteiger partial charge is 0.0540 e. The van der Waals surface area contributed by atoms with Crippen LogP contribution in [0.25, 0.3) is 0 Å². The molecule has 0 bridgehead atoms.